The van der Waals surface area contributed by atoms with Crippen LogP contribution in [0.3, 0.4) is 0 Å². The summed E-state index contributed by atoms with van der Waals surface area (Å²) >= 11 is 0. The molecule has 1 fully saturated rings. The van der Waals surface area contributed by atoms with Crippen molar-refractivity contribution in [3.63, 3.8) is 0 Å². The van der Waals surface area contributed by atoms with E-state index >= 15 is 0 Å². The van der Waals surface area contributed by atoms with Crippen molar-refractivity contribution in [3.8, 4) is 0 Å². The second kappa shape index (κ2) is 5.28. The minimum Gasteiger partial charge on any atom is -0.380 e. The molecule has 1 rings (SSSR count). The van der Waals surface area contributed by atoms with Gasteiger partial charge in [-0.1, -0.05) is 0 Å². The van der Waals surface area contributed by atoms with Crippen LogP contribution < -0.4 is 5.73 Å². The number of hydrogen-bond donors (Lipinski definition) is 1. The highest BCUT2D eigenvalue weighted by Gasteiger charge is 2.31. The van der Waals surface area contributed by atoms with Crippen LogP contribution in [0.4, 0.5) is 0 Å². The van der Waals surface area contributed by atoms with Gasteiger partial charge in [-0.15, -0.1) is 0 Å². The molecule has 0 aliphatic carbocycles. The topological polar surface area (TPSA) is 38.5 Å². The first-order chi connectivity index (χ1) is 6.99. The zero-order valence-electron chi connectivity index (χ0n) is 10.6. The van der Waals surface area contributed by atoms with E-state index < -0.39 is 0 Å². The van der Waals surface area contributed by atoms with Crippen LogP contribution in [0, 0.1) is 5.92 Å². The minimum absolute atomic E-state index is 0.232. The fourth-order valence-electron chi connectivity index (χ4n) is 2.40. The standard InChI is InChI=1S/C12H26N2O/c1-12(2,3)14-7-5-6-10(9-14)11(8-13)15-4/h10-11H,5-9,13H2,1-4H3. The first-order valence-corrected chi connectivity index (χ1v) is 5.97. The van der Waals surface area contributed by atoms with Gasteiger partial charge in [-0.2, -0.15) is 0 Å². The number of piperidine rings is 1. The van der Waals surface area contributed by atoms with Gasteiger partial charge in [-0.25, -0.2) is 0 Å². The van der Waals surface area contributed by atoms with Crippen molar-refractivity contribution in [2.75, 3.05) is 26.7 Å². The van der Waals surface area contributed by atoms with Crippen molar-refractivity contribution in [3.05, 3.63) is 0 Å². The zero-order valence-corrected chi connectivity index (χ0v) is 10.6. The molecule has 0 bridgehead atoms. The Kier molecular flexibility index (Phi) is 4.56. The first-order valence-electron chi connectivity index (χ1n) is 5.97. The summed E-state index contributed by atoms with van der Waals surface area (Å²) in [6, 6.07) is 0. The minimum atomic E-state index is 0.232. The van der Waals surface area contributed by atoms with E-state index in [0.717, 1.165) is 6.54 Å². The Bertz CT molecular complexity index is 185. The summed E-state index contributed by atoms with van der Waals surface area (Å²) in [7, 11) is 1.77. The Morgan fingerprint density at radius 3 is 2.60 bits per heavy atom. The SMILES string of the molecule is COC(CN)C1CCCN(C(C)(C)C)C1. The highest BCUT2D eigenvalue weighted by molar-refractivity contribution is 4.85. The van der Waals surface area contributed by atoms with Gasteiger partial charge in [0.1, 0.15) is 0 Å². The van der Waals surface area contributed by atoms with Crippen LogP contribution in [0.1, 0.15) is 33.6 Å². The van der Waals surface area contributed by atoms with Crippen LogP contribution >= 0.6 is 0 Å². The quantitative estimate of drug-likeness (QED) is 0.773. The lowest BCUT2D eigenvalue weighted by atomic mass is 9.89. The van der Waals surface area contributed by atoms with E-state index in [0.29, 0.717) is 12.5 Å². The maximum Gasteiger partial charge on any atom is 0.0733 e. The molecular formula is C12H26N2O. The van der Waals surface area contributed by atoms with Crippen LogP contribution in [-0.2, 0) is 4.74 Å². The summed E-state index contributed by atoms with van der Waals surface area (Å²) in [4.78, 5) is 2.54. The van der Waals surface area contributed by atoms with Crippen molar-refractivity contribution >= 4 is 0 Å². The van der Waals surface area contributed by atoms with E-state index in [4.69, 9.17) is 10.5 Å². The van der Waals surface area contributed by atoms with Gasteiger partial charge >= 0.3 is 0 Å². The molecule has 0 aromatic rings. The van der Waals surface area contributed by atoms with Gasteiger partial charge in [-0.05, 0) is 46.1 Å². The largest absolute Gasteiger partial charge is 0.380 e. The van der Waals surface area contributed by atoms with Gasteiger partial charge in [-0.3, -0.25) is 4.90 Å². The average Bonchev–Trinajstić information content (AvgIpc) is 2.19. The Morgan fingerprint density at radius 1 is 1.47 bits per heavy atom. The highest BCUT2D eigenvalue weighted by Crippen LogP contribution is 2.26. The molecule has 1 saturated heterocycles. The molecule has 3 nitrogen and oxygen atoms in total. The summed E-state index contributed by atoms with van der Waals surface area (Å²) < 4.78 is 5.45. The van der Waals surface area contributed by atoms with Crippen LogP contribution in [0.25, 0.3) is 0 Å². The number of hydrogen-bond acceptors (Lipinski definition) is 3. The second-order valence-corrected chi connectivity index (χ2v) is 5.53. The predicted octanol–water partition coefficient (Wildman–Crippen LogP) is 1.47. The molecule has 1 heterocycles. The average molecular weight is 214 g/mol. The van der Waals surface area contributed by atoms with E-state index in [1.54, 1.807) is 7.11 Å². The van der Waals surface area contributed by atoms with Gasteiger partial charge < -0.3 is 10.5 Å². The number of nitrogens with two attached hydrogens (primary N) is 1. The van der Waals surface area contributed by atoms with Crippen LogP contribution in [-0.4, -0.2) is 43.3 Å². The third kappa shape index (κ3) is 3.44. The Labute approximate surface area is 94.0 Å². The second-order valence-electron chi connectivity index (χ2n) is 5.53. The monoisotopic (exact) mass is 214 g/mol. The molecule has 0 aromatic heterocycles. The lowest BCUT2D eigenvalue weighted by Gasteiger charge is -2.43. The van der Waals surface area contributed by atoms with Crippen molar-refractivity contribution in [2.24, 2.45) is 11.7 Å². The van der Waals surface area contributed by atoms with Crippen LogP contribution in [0.15, 0.2) is 0 Å². The number of likely N-dealkylation sites (tertiary alicyclic amines) is 1. The molecule has 0 spiro atoms. The molecule has 2 unspecified atom stereocenters. The molecule has 0 aromatic carbocycles. The van der Waals surface area contributed by atoms with E-state index in [-0.39, 0.29) is 11.6 Å². The summed E-state index contributed by atoms with van der Waals surface area (Å²) in [6.45, 7) is 9.80. The molecule has 90 valence electrons. The molecule has 3 heteroatoms. The molecular weight excluding hydrogens is 188 g/mol. The summed E-state index contributed by atoms with van der Waals surface area (Å²) in [5, 5.41) is 0. The number of ether oxygens (including phenoxy) is 1. The van der Waals surface area contributed by atoms with Crippen LogP contribution in [0.2, 0.25) is 0 Å². The Morgan fingerprint density at radius 2 is 2.13 bits per heavy atom. The molecule has 0 amide bonds. The van der Waals surface area contributed by atoms with Crippen molar-refractivity contribution in [2.45, 2.75) is 45.3 Å². The highest BCUT2D eigenvalue weighted by atomic mass is 16.5. The molecule has 2 N–H and O–H groups in total. The molecule has 1 aliphatic heterocycles. The molecule has 0 saturated carbocycles. The van der Waals surface area contributed by atoms with E-state index in [1.807, 2.05) is 0 Å². The molecule has 0 radical (unpaired) electrons. The lowest BCUT2D eigenvalue weighted by Crippen LogP contribution is -2.50. The number of methoxy groups -OCH3 is 1. The smallest absolute Gasteiger partial charge is 0.0733 e. The van der Waals surface area contributed by atoms with E-state index in [2.05, 4.69) is 25.7 Å². The summed E-state index contributed by atoms with van der Waals surface area (Å²) in [5.74, 6) is 0.605. The van der Waals surface area contributed by atoms with Gasteiger partial charge in [0.25, 0.3) is 0 Å². The fourth-order valence-corrected chi connectivity index (χ4v) is 2.40. The zero-order chi connectivity index (χ0) is 11.5. The summed E-state index contributed by atoms with van der Waals surface area (Å²) in [5.41, 5.74) is 5.99. The summed E-state index contributed by atoms with van der Waals surface area (Å²) in [6.07, 6.45) is 2.75. The van der Waals surface area contributed by atoms with Crippen molar-refractivity contribution in [1.29, 1.82) is 0 Å². The Balaban J connectivity index is 2.55. The fraction of sp³-hybridized carbons (Fsp3) is 1.00. The number of rotatable bonds is 3. The lowest BCUT2D eigenvalue weighted by molar-refractivity contribution is -0.00298. The van der Waals surface area contributed by atoms with E-state index in [1.165, 1.54) is 19.4 Å². The molecule has 1 aliphatic rings. The third-order valence-corrected chi connectivity index (χ3v) is 3.47. The van der Waals surface area contributed by atoms with Gasteiger partial charge in [0.05, 0.1) is 6.10 Å². The van der Waals surface area contributed by atoms with Crippen LogP contribution in [0.5, 0.6) is 0 Å². The van der Waals surface area contributed by atoms with Gasteiger partial charge in [0.2, 0.25) is 0 Å². The van der Waals surface area contributed by atoms with E-state index in [9.17, 15) is 0 Å². The van der Waals surface area contributed by atoms with Crippen molar-refractivity contribution < 1.29 is 4.74 Å². The Hall–Kier alpha value is -0.120. The van der Waals surface area contributed by atoms with Gasteiger partial charge in [0, 0.05) is 25.7 Å². The van der Waals surface area contributed by atoms with Crippen molar-refractivity contribution in [1.82, 2.24) is 4.90 Å². The maximum atomic E-state index is 5.73. The number of nitrogens with zero attached hydrogens (tertiary/aromatic N) is 1. The third-order valence-electron chi connectivity index (χ3n) is 3.47. The molecule has 15 heavy (non-hydrogen) atoms. The normalized spacial score (nSPS) is 26.6. The molecule has 2 atom stereocenters. The van der Waals surface area contributed by atoms with Gasteiger partial charge in [0.15, 0.2) is 0 Å². The predicted molar refractivity (Wildman–Crippen MR) is 63.9 cm³/mol. The first kappa shape index (κ1) is 12.9. The maximum absolute atomic E-state index is 5.73.